The standard InChI is InChI=1S/C15H17ClN2O2S/c1-10-7-8-14(11(2)9-10)18(3)21(19,20)15-12(16)5-4-6-13(15)17/h4-9H,17H2,1-3H3. The van der Waals surface area contributed by atoms with Crippen molar-refractivity contribution in [2.75, 3.05) is 17.1 Å². The molecule has 0 spiro atoms. The number of aryl methyl sites for hydroxylation is 2. The molecule has 0 saturated heterocycles. The second-order valence-corrected chi connectivity index (χ2v) is 7.23. The van der Waals surface area contributed by atoms with Crippen LogP contribution in [-0.4, -0.2) is 15.5 Å². The van der Waals surface area contributed by atoms with Crippen molar-refractivity contribution in [3.63, 3.8) is 0 Å². The summed E-state index contributed by atoms with van der Waals surface area (Å²) in [4.78, 5) is -0.0610. The van der Waals surface area contributed by atoms with Crippen LogP contribution in [0.4, 0.5) is 11.4 Å². The number of anilines is 2. The summed E-state index contributed by atoms with van der Waals surface area (Å²) in [5.74, 6) is 0. The predicted molar refractivity (Wildman–Crippen MR) is 87.4 cm³/mol. The minimum absolute atomic E-state index is 0.0610. The molecule has 0 amide bonds. The van der Waals surface area contributed by atoms with Crippen molar-refractivity contribution in [1.82, 2.24) is 0 Å². The molecule has 0 unspecified atom stereocenters. The van der Waals surface area contributed by atoms with Gasteiger partial charge >= 0.3 is 0 Å². The van der Waals surface area contributed by atoms with Crippen LogP contribution in [0.15, 0.2) is 41.3 Å². The van der Waals surface area contributed by atoms with Crippen molar-refractivity contribution in [3.05, 3.63) is 52.5 Å². The molecule has 0 saturated carbocycles. The van der Waals surface area contributed by atoms with Crippen molar-refractivity contribution in [3.8, 4) is 0 Å². The Balaban J connectivity index is 2.58. The lowest BCUT2D eigenvalue weighted by molar-refractivity contribution is 0.594. The Hall–Kier alpha value is -1.72. The van der Waals surface area contributed by atoms with Crippen molar-refractivity contribution < 1.29 is 8.42 Å². The first-order chi connectivity index (χ1) is 9.75. The van der Waals surface area contributed by atoms with E-state index in [4.69, 9.17) is 17.3 Å². The molecule has 2 aromatic rings. The van der Waals surface area contributed by atoms with E-state index in [1.54, 1.807) is 12.1 Å². The topological polar surface area (TPSA) is 63.4 Å². The summed E-state index contributed by atoms with van der Waals surface area (Å²) in [5.41, 5.74) is 8.47. The van der Waals surface area contributed by atoms with Gasteiger partial charge in [0.2, 0.25) is 0 Å². The van der Waals surface area contributed by atoms with Gasteiger partial charge in [-0.05, 0) is 37.6 Å². The lowest BCUT2D eigenvalue weighted by Crippen LogP contribution is -2.28. The molecule has 0 heterocycles. The summed E-state index contributed by atoms with van der Waals surface area (Å²) in [5, 5.41) is 0.117. The molecule has 0 fully saturated rings. The van der Waals surface area contributed by atoms with E-state index >= 15 is 0 Å². The average Bonchev–Trinajstić information content (AvgIpc) is 2.37. The summed E-state index contributed by atoms with van der Waals surface area (Å²) in [7, 11) is -2.32. The number of halogens is 1. The van der Waals surface area contributed by atoms with Crippen molar-refractivity contribution in [1.29, 1.82) is 0 Å². The average molecular weight is 325 g/mol. The SMILES string of the molecule is Cc1ccc(N(C)S(=O)(=O)c2c(N)cccc2Cl)c(C)c1. The summed E-state index contributed by atoms with van der Waals surface area (Å²) in [6.07, 6.45) is 0. The highest BCUT2D eigenvalue weighted by Crippen LogP contribution is 2.32. The van der Waals surface area contributed by atoms with E-state index in [1.807, 2.05) is 26.0 Å². The normalized spacial score (nSPS) is 11.4. The monoisotopic (exact) mass is 324 g/mol. The van der Waals surface area contributed by atoms with Crippen LogP contribution in [0.3, 0.4) is 0 Å². The number of nitrogens with two attached hydrogens (primary N) is 1. The largest absolute Gasteiger partial charge is 0.398 e. The number of hydrogen-bond donors (Lipinski definition) is 1. The summed E-state index contributed by atoms with van der Waals surface area (Å²) in [6, 6.07) is 10.2. The van der Waals surface area contributed by atoms with Crippen LogP contribution in [0.5, 0.6) is 0 Å². The molecule has 0 aliphatic rings. The maximum Gasteiger partial charge on any atom is 0.267 e. The summed E-state index contributed by atoms with van der Waals surface area (Å²) >= 11 is 6.02. The second-order valence-electron chi connectivity index (χ2n) is 4.92. The molecule has 0 aliphatic carbocycles. The Labute approximate surface area is 130 Å². The Morgan fingerprint density at radius 1 is 1.14 bits per heavy atom. The van der Waals surface area contributed by atoms with Gasteiger partial charge in [0.25, 0.3) is 10.0 Å². The fraction of sp³-hybridized carbons (Fsp3) is 0.200. The number of hydrogen-bond acceptors (Lipinski definition) is 3. The van der Waals surface area contributed by atoms with E-state index in [9.17, 15) is 8.42 Å². The third kappa shape index (κ3) is 2.84. The fourth-order valence-corrected chi connectivity index (χ4v) is 4.12. The van der Waals surface area contributed by atoms with Crippen LogP contribution < -0.4 is 10.0 Å². The zero-order valence-corrected chi connectivity index (χ0v) is 13.7. The van der Waals surface area contributed by atoms with Gasteiger partial charge in [0, 0.05) is 7.05 Å². The Morgan fingerprint density at radius 2 is 1.81 bits per heavy atom. The lowest BCUT2D eigenvalue weighted by Gasteiger charge is -2.23. The first-order valence-electron chi connectivity index (χ1n) is 6.35. The van der Waals surface area contributed by atoms with E-state index in [-0.39, 0.29) is 15.6 Å². The van der Waals surface area contributed by atoms with Crippen molar-refractivity contribution in [2.24, 2.45) is 0 Å². The fourth-order valence-electron chi connectivity index (χ4n) is 2.22. The van der Waals surface area contributed by atoms with Gasteiger partial charge in [0.15, 0.2) is 0 Å². The van der Waals surface area contributed by atoms with E-state index in [1.165, 1.54) is 23.5 Å². The Morgan fingerprint density at radius 3 is 2.38 bits per heavy atom. The molecule has 21 heavy (non-hydrogen) atoms. The van der Waals surface area contributed by atoms with E-state index in [0.717, 1.165) is 11.1 Å². The molecule has 0 aromatic heterocycles. The van der Waals surface area contributed by atoms with Gasteiger partial charge < -0.3 is 5.73 Å². The molecule has 0 bridgehead atoms. The Bertz CT molecular complexity index is 768. The van der Waals surface area contributed by atoms with E-state index in [2.05, 4.69) is 0 Å². The maximum atomic E-state index is 12.8. The number of nitrogens with zero attached hydrogens (tertiary/aromatic N) is 1. The van der Waals surface area contributed by atoms with Gasteiger partial charge in [0.05, 0.1) is 16.4 Å². The van der Waals surface area contributed by atoms with Crippen LogP contribution in [0.25, 0.3) is 0 Å². The van der Waals surface area contributed by atoms with Crippen LogP contribution in [0.2, 0.25) is 5.02 Å². The van der Waals surface area contributed by atoms with Crippen molar-refractivity contribution in [2.45, 2.75) is 18.7 Å². The number of benzene rings is 2. The third-order valence-electron chi connectivity index (χ3n) is 3.31. The zero-order chi connectivity index (χ0) is 15.8. The van der Waals surface area contributed by atoms with Gasteiger partial charge in [0.1, 0.15) is 4.90 Å². The van der Waals surface area contributed by atoms with E-state index < -0.39 is 10.0 Å². The summed E-state index contributed by atoms with van der Waals surface area (Å²) in [6.45, 7) is 3.82. The van der Waals surface area contributed by atoms with Gasteiger partial charge in [-0.1, -0.05) is 35.4 Å². The molecular weight excluding hydrogens is 308 g/mol. The third-order valence-corrected chi connectivity index (χ3v) is 5.62. The number of sulfonamides is 1. The van der Waals surface area contributed by atoms with Crippen LogP contribution in [0, 0.1) is 13.8 Å². The highest BCUT2D eigenvalue weighted by atomic mass is 35.5. The minimum atomic E-state index is -3.81. The first-order valence-corrected chi connectivity index (χ1v) is 8.17. The highest BCUT2D eigenvalue weighted by Gasteiger charge is 2.27. The van der Waals surface area contributed by atoms with Gasteiger partial charge in [-0.3, -0.25) is 4.31 Å². The molecule has 112 valence electrons. The molecule has 0 radical (unpaired) electrons. The van der Waals surface area contributed by atoms with Gasteiger partial charge in [-0.25, -0.2) is 8.42 Å². The smallest absolute Gasteiger partial charge is 0.267 e. The number of nitrogen functional groups attached to an aromatic ring is 1. The van der Waals surface area contributed by atoms with Crippen molar-refractivity contribution >= 4 is 33.0 Å². The highest BCUT2D eigenvalue weighted by molar-refractivity contribution is 7.93. The predicted octanol–water partition coefficient (Wildman–Crippen LogP) is 3.36. The Kier molecular flexibility index (Phi) is 4.16. The molecule has 6 heteroatoms. The maximum absolute atomic E-state index is 12.8. The molecule has 4 nitrogen and oxygen atoms in total. The summed E-state index contributed by atoms with van der Waals surface area (Å²) < 4.78 is 26.8. The van der Waals surface area contributed by atoms with Crippen LogP contribution in [0.1, 0.15) is 11.1 Å². The lowest BCUT2D eigenvalue weighted by atomic mass is 10.1. The van der Waals surface area contributed by atoms with Crippen LogP contribution in [-0.2, 0) is 10.0 Å². The number of rotatable bonds is 3. The second kappa shape index (κ2) is 5.58. The molecular formula is C15H17ClN2O2S. The molecule has 2 N–H and O–H groups in total. The zero-order valence-electron chi connectivity index (χ0n) is 12.1. The first kappa shape index (κ1) is 15.7. The van der Waals surface area contributed by atoms with E-state index in [0.29, 0.717) is 5.69 Å². The van der Waals surface area contributed by atoms with Crippen LogP contribution >= 0.6 is 11.6 Å². The minimum Gasteiger partial charge on any atom is -0.398 e. The molecule has 2 aromatic carbocycles. The molecule has 2 rings (SSSR count). The molecule has 0 atom stereocenters. The quantitative estimate of drug-likeness (QED) is 0.880. The molecule has 0 aliphatic heterocycles. The van der Waals surface area contributed by atoms with Gasteiger partial charge in [-0.2, -0.15) is 0 Å². The van der Waals surface area contributed by atoms with Gasteiger partial charge in [-0.15, -0.1) is 0 Å².